The fraction of sp³-hybridized carbons (Fsp3) is 0.294. The van der Waals surface area contributed by atoms with E-state index < -0.39 is 17.3 Å². The zero-order valence-corrected chi connectivity index (χ0v) is 11.9. The van der Waals surface area contributed by atoms with Gasteiger partial charge in [-0.2, -0.15) is 13.2 Å². The third-order valence-electron chi connectivity index (χ3n) is 3.68. The number of hydrogen-bond donors (Lipinski definition) is 1. The Morgan fingerprint density at radius 1 is 0.905 bits per heavy atom. The van der Waals surface area contributed by atoms with Crippen molar-refractivity contribution in [2.75, 3.05) is 0 Å². The summed E-state index contributed by atoms with van der Waals surface area (Å²) in [6.45, 7) is 3.52. The summed E-state index contributed by atoms with van der Waals surface area (Å²) in [5.41, 5.74) is -0.322. The van der Waals surface area contributed by atoms with E-state index in [1.54, 1.807) is 12.1 Å². The highest BCUT2D eigenvalue weighted by atomic mass is 19.4. The molecule has 0 aliphatic rings. The van der Waals surface area contributed by atoms with Crippen LogP contribution in [0.4, 0.5) is 13.2 Å². The smallest absolute Gasteiger partial charge is 0.381 e. The van der Waals surface area contributed by atoms with Crippen LogP contribution < -0.4 is 0 Å². The first-order chi connectivity index (χ1) is 9.75. The van der Waals surface area contributed by atoms with Gasteiger partial charge in [-0.05, 0) is 42.2 Å². The number of halogens is 3. The molecule has 0 saturated carbocycles. The molecule has 0 aliphatic carbocycles. The molecule has 2 aromatic rings. The van der Waals surface area contributed by atoms with Gasteiger partial charge < -0.3 is 5.11 Å². The first-order valence-corrected chi connectivity index (χ1v) is 6.74. The Morgan fingerprint density at radius 2 is 1.48 bits per heavy atom. The Labute approximate surface area is 122 Å². The van der Waals surface area contributed by atoms with E-state index in [1.165, 1.54) is 19.1 Å². The monoisotopic (exact) mass is 294 g/mol. The van der Waals surface area contributed by atoms with Crippen LogP contribution in [0.2, 0.25) is 0 Å². The van der Waals surface area contributed by atoms with Gasteiger partial charge in [0.1, 0.15) is 5.60 Å². The lowest BCUT2D eigenvalue weighted by Crippen LogP contribution is -2.23. The van der Waals surface area contributed by atoms with Crippen LogP contribution in [0.5, 0.6) is 0 Å². The highest BCUT2D eigenvalue weighted by Gasteiger charge is 2.33. The van der Waals surface area contributed by atoms with Crippen molar-refractivity contribution in [3.63, 3.8) is 0 Å². The van der Waals surface area contributed by atoms with Crippen LogP contribution in [0.15, 0.2) is 48.5 Å². The minimum Gasteiger partial charge on any atom is -0.381 e. The molecule has 4 heteroatoms. The van der Waals surface area contributed by atoms with E-state index in [2.05, 4.69) is 0 Å². The van der Waals surface area contributed by atoms with Gasteiger partial charge in [0.05, 0.1) is 5.56 Å². The number of benzene rings is 2. The number of hydrogen-bond acceptors (Lipinski definition) is 1. The lowest BCUT2D eigenvalue weighted by molar-refractivity contribution is -0.137. The van der Waals surface area contributed by atoms with E-state index in [0.717, 1.165) is 24.1 Å². The lowest BCUT2D eigenvalue weighted by atomic mass is 9.87. The zero-order chi connectivity index (χ0) is 15.7. The summed E-state index contributed by atoms with van der Waals surface area (Å²) in [7, 11) is 0. The maximum Gasteiger partial charge on any atom is 0.416 e. The van der Waals surface area contributed by atoms with Crippen molar-refractivity contribution >= 4 is 0 Å². The molecule has 1 atom stereocenters. The van der Waals surface area contributed by atoms with Crippen LogP contribution in [-0.4, -0.2) is 5.11 Å². The highest BCUT2D eigenvalue weighted by Crippen LogP contribution is 2.34. The third-order valence-corrected chi connectivity index (χ3v) is 3.68. The molecule has 0 fully saturated rings. The van der Waals surface area contributed by atoms with E-state index in [4.69, 9.17) is 0 Å². The summed E-state index contributed by atoms with van der Waals surface area (Å²) < 4.78 is 38.3. The second-order valence-electron chi connectivity index (χ2n) is 5.20. The van der Waals surface area contributed by atoms with Gasteiger partial charge in [0.25, 0.3) is 0 Å². The van der Waals surface area contributed by atoms with Crippen LogP contribution in [0.3, 0.4) is 0 Å². The average Bonchev–Trinajstić information content (AvgIpc) is 2.46. The van der Waals surface area contributed by atoms with Crippen LogP contribution in [-0.2, 0) is 18.2 Å². The Balaban J connectivity index is 2.42. The molecule has 0 aliphatic heterocycles. The topological polar surface area (TPSA) is 20.2 Å². The van der Waals surface area contributed by atoms with Crippen molar-refractivity contribution in [2.45, 2.75) is 32.0 Å². The first-order valence-electron chi connectivity index (χ1n) is 6.74. The molecular weight excluding hydrogens is 277 g/mol. The molecule has 1 nitrogen and oxygen atoms in total. The normalized spacial score (nSPS) is 14.8. The van der Waals surface area contributed by atoms with Gasteiger partial charge in [-0.3, -0.25) is 0 Å². The molecular formula is C17H17F3O. The van der Waals surface area contributed by atoms with Gasteiger partial charge in [0.2, 0.25) is 0 Å². The van der Waals surface area contributed by atoms with Crippen molar-refractivity contribution in [1.29, 1.82) is 0 Å². The van der Waals surface area contributed by atoms with E-state index >= 15 is 0 Å². The molecule has 1 N–H and O–H groups in total. The second kappa shape index (κ2) is 5.53. The quantitative estimate of drug-likeness (QED) is 0.882. The molecule has 112 valence electrons. The molecule has 0 aromatic heterocycles. The summed E-state index contributed by atoms with van der Waals surface area (Å²) in [4.78, 5) is 0. The summed E-state index contributed by atoms with van der Waals surface area (Å²) in [6.07, 6.45) is -3.55. The summed E-state index contributed by atoms with van der Waals surface area (Å²) >= 11 is 0. The predicted octanol–water partition coefficient (Wildman–Crippen LogP) is 4.52. The Kier molecular flexibility index (Phi) is 4.10. The minimum atomic E-state index is -4.42. The molecule has 0 spiro atoms. The van der Waals surface area contributed by atoms with Crippen LogP contribution >= 0.6 is 0 Å². The van der Waals surface area contributed by atoms with Crippen molar-refractivity contribution in [3.8, 4) is 0 Å². The van der Waals surface area contributed by atoms with E-state index in [-0.39, 0.29) is 5.56 Å². The second-order valence-corrected chi connectivity index (χ2v) is 5.20. The van der Waals surface area contributed by atoms with Gasteiger partial charge in [-0.25, -0.2) is 0 Å². The summed E-state index contributed by atoms with van der Waals surface area (Å²) in [5, 5.41) is 10.6. The molecule has 0 bridgehead atoms. The molecule has 2 rings (SSSR count). The van der Waals surface area contributed by atoms with Gasteiger partial charge in [-0.15, -0.1) is 0 Å². The van der Waals surface area contributed by atoms with E-state index in [1.807, 2.05) is 19.1 Å². The predicted molar refractivity (Wildman–Crippen MR) is 75.9 cm³/mol. The molecule has 0 saturated heterocycles. The lowest BCUT2D eigenvalue weighted by Gasteiger charge is -2.25. The van der Waals surface area contributed by atoms with Crippen LogP contribution in [0, 0.1) is 0 Å². The zero-order valence-electron chi connectivity index (χ0n) is 11.9. The Hall–Kier alpha value is -1.81. The van der Waals surface area contributed by atoms with Crippen molar-refractivity contribution in [3.05, 3.63) is 70.8 Å². The van der Waals surface area contributed by atoms with Gasteiger partial charge in [0.15, 0.2) is 0 Å². The Bertz CT molecular complexity index is 613. The number of aliphatic hydroxyl groups is 1. The minimum absolute atomic E-state index is 0.224. The fourth-order valence-corrected chi connectivity index (χ4v) is 2.23. The number of aryl methyl sites for hydroxylation is 1. The van der Waals surface area contributed by atoms with Crippen molar-refractivity contribution < 1.29 is 18.3 Å². The summed E-state index contributed by atoms with van der Waals surface area (Å²) in [6, 6.07) is 12.1. The standard InChI is InChI=1S/C17H17F3O/c1-3-12-7-9-13(10-8-12)16(2,21)14-5-4-6-15(11-14)17(18,19)20/h4-11,21H,3H2,1-2H3. The Morgan fingerprint density at radius 3 is 2.00 bits per heavy atom. The van der Waals surface area contributed by atoms with Crippen molar-refractivity contribution in [1.82, 2.24) is 0 Å². The highest BCUT2D eigenvalue weighted by molar-refractivity contribution is 5.38. The SMILES string of the molecule is CCc1ccc(C(C)(O)c2cccc(C(F)(F)F)c2)cc1. The molecule has 21 heavy (non-hydrogen) atoms. The maximum absolute atomic E-state index is 12.8. The molecule has 1 unspecified atom stereocenters. The van der Waals surface area contributed by atoms with Gasteiger partial charge >= 0.3 is 6.18 Å². The molecule has 0 radical (unpaired) electrons. The largest absolute Gasteiger partial charge is 0.416 e. The van der Waals surface area contributed by atoms with Gasteiger partial charge in [0, 0.05) is 0 Å². The van der Waals surface area contributed by atoms with E-state index in [0.29, 0.717) is 5.56 Å². The molecule has 0 amide bonds. The van der Waals surface area contributed by atoms with Gasteiger partial charge in [-0.1, -0.05) is 43.3 Å². The van der Waals surface area contributed by atoms with Crippen molar-refractivity contribution in [2.24, 2.45) is 0 Å². The first kappa shape index (κ1) is 15.6. The maximum atomic E-state index is 12.8. The average molecular weight is 294 g/mol. The third kappa shape index (κ3) is 3.27. The molecule has 0 heterocycles. The van der Waals surface area contributed by atoms with Crippen LogP contribution in [0.1, 0.15) is 36.1 Å². The van der Waals surface area contributed by atoms with Crippen LogP contribution in [0.25, 0.3) is 0 Å². The number of rotatable bonds is 3. The number of alkyl halides is 3. The van der Waals surface area contributed by atoms with E-state index in [9.17, 15) is 18.3 Å². The molecule has 2 aromatic carbocycles. The fourth-order valence-electron chi connectivity index (χ4n) is 2.23. The summed E-state index contributed by atoms with van der Waals surface area (Å²) in [5.74, 6) is 0.